The molecule has 2 heterocycles. The van der Waals surface area contributed by atoms with Crippen molar-refractivity contribution in [3.63, 3.8) is 0 Å². The van der Waals surface area contributed by atoms with E-state index < -0.39 is 15.7 Å². The number of nitrogens with one attached hydrogen (secondary N) is 1. The second kappa shape index (κ2) is 13.9. The van der Waals surface area contributed by atoms with Gasteiger partial charge in [0.2, 0.25) is 0 Å². The number of piperidine rings is 1. The number of benzene rings is 4. The minimum absolute atomic E-state index is 0.0482. The Bertz CT molecular complexity index is 1830. The number of nitrogens with zero attached hydrogens (tertiary/aromatic N) is 3. The molecular weight excluding hydrogens is 584 g/mol. The SMILES string of the molecule is COc1ccc(S(=O)(=O)n2c(=O)n([C@H]3CCNC(CCCN(Cc4ccccc4)Cc4ccccc4)C3)c3ccccc32)cc1. The fourth-order valence-electron chi connectivity index (χ4n) is 6.48. The summed E-state index contributed by atoms with van der Waals surface area (Å²) in [6.07, 6.45) is 3.48. The summed E-state index contributed by atoms with van der Waals surface area (Å²) in [7, 11) is -2.59. The first kappa shape index (κ1) is 30.8. The highest BCUT2D eigenvalue weighted by atomic mass is 32.2. The normalized spacial score (nSPS) is 17.1. The molecule has 1 aliphatic heterocycles. The smallest absolute Gasteiger partial charge is 0.343 e. The van der Waals surface area contributed by atoms with E-state index in [-0.39, 0.29) is 17.0 Å². The van der Waals surface area contributed by atoms with Crippen LogP contribution in [0.3, 0.4) is 0 Å². The number of methoxy groups -OCH3 is 1. The highest BCUT2D eigenvalue weighted by molar-refractivity contribution is 7.90. The lowest BCUT2D eigenvalue weighted by Gasteiger charge is -2.32. The average Bonchev–Trinajstić information content (AvgIpc) is 3.38. The molecule has 9 heteroatoms. The van der Waals surface area contributed by atoms with Gasteiger partial charge in [-0.05, 0) is 86.3 Å². The van der Waals surface area contributed by atoms with Crippen molar-refractivity contribution >= 4 is 21.1 Å². The molecule has 2 atom stereocenters. The van der Waals surface area contributed by atoms with Gasteiger partial charge in [0.05, 0.1) is 23.0 Å². The molecule has 1 saturated heterocycles. The van der Waals surface area contributed by atoms with Crippen molar-refractivity contribution in [2.45, 2.75) is 55.8 Å². The summed E-state index contributed by atoms with van der Waals surface area (Å²) in [5, 5.41) is 3.66. The third-order valence-corrected chi connectivity index (χ3v) is 10.4. The van der Waals surface area contributed by atoms with Crippen molar-refractivity contribution in [3.05, 3.63) is 131 Å². The lowest BCUT2D eigenvalue weighted by molar-refractivity contribution is 0.233. The lowest BCUT2D eigenvalue weighted by Crippen LogP contribution is -2.42. The molecule has 0 aliphatic carbocycles. The maximum atomic E-state index is 14.0. The predicted octanol–water partition coefficient (Wildman–Crippen LogP) is 5.82. The Morgan fingerprint density at radius 3 is 2.04 bits per heavy atom. The maximum absolute atomic E-state index is 14.0. The second-order valence-corrected chi connectivity index (χ2v) is 13.5. The van der Waals surface area contributed by atoms with Crippen LogP contribution < -0.4 is 15.7 Å². The maximum Gasteiger partial charge on any atom is 0.343 e. The number of para-hydroxylation sites is 2. The van der Waals surface area contributed by atoms with Crippen LogP contribution in [0.5, 0.6) is 5.75 Å². The van der Waals surface area contributed by atoms with Gasteiger partial charge in [-0.1, -0.05) is 72.8 Å². The van der Waals surface area contributed by atoms with Crippen molar-refractivity contribution in [1.29, 1.82) is 0 Å². The molecule has 0 saturated carbocycles. The largest absolute Gasteiger partial charge is 0.497 e. The minimum Gasteiger partial charge on any atom is -0.497 e. The van der Waals surface area contributed by atoms with Crippen LogP contribution >= 0.6 is 0 Å². The highest BCUT2D eigenvalue weighted by Crippen LogP contribution is 2.29. The van der Waals surface area contributed by atoms with Gasteiger partial charge in [-0.15, -0.1) is 0 Å². The van der Waals surface area contributed by atoms with Gasteiger partial charge in [-0.2, -0.15) is 3.97 Å². The van der Waals surface area contributed by atoms with Gasteiger partial charge in [0.15, 0.2) is 0 Å². The number of hydrogen-bond donors (Lipinski definition) is 1. The van der Waals surface area contributed by atoms with Crippen molar-refractivity contribution < 1.29 is 13.2 Å². The zero-order valence-corrected chi connectivity index (χ0v) is 26.4. The van der Waals surface area contributed by atoms with Crippen molar-refractivity contribution in [3.8, 4) is 5.75 Å². The summed E-state index contributed by atoms with van der Waals surface area (Å²) in [5.74, 6) is 0.549. The Morgan fingerprint density at radius 1 is 0.822 bits per heavy atom. The lowest BCUT2D eigenvalue weighted by atomic mass is 9.95. The Hall–Kier alpha value is -4.18. The van der Waals surface area contributed by atoms with Crippen LogP contribution in [0.1, 0.15) is 42.9 Å². The van der Waals surface area contributed by atoms with Gasteiger partial charge in [0.1, 0.15) is 5.75 Å². The summed E-state index contributed by atoms with van der Waals surface area (Å²) >= 11 is 0. The summed E-state index contributed by atoms with van der Waals surface area (Å²) < 4.78 is 35.4. The first-order valence-electron chi connectivity index (χ1n) is 15.6. The van der Waals surface area contributed by atoms with Crippen LogP contribution in [0, 0.1) is 0 Å². The molecule has 0 bridgehead atoms. The monoisotopic (exact) mass is 624 g/mol. The molecular formula is C36H40N4O4S. The molecule has 45 heavy (non-hydrogen) atoms. The van der Waals surface area contributed by atoms with Gasteiger partial charge >= 0.3 is 5.69 Å². The van der Waals surface area contributed by atoms with E-state index in [9.17, 15) is 13.2 Å². The number of rotatable bonds is 12. The van der Waals surface area contributed by atoms with Crippen molar-refractivity contribution in [1.82, 2.24) is 18.8 Å². The minimum atomic E-state index is -4.12. The zero-order valence-electron chi connectivity index (χ0n) is 25.6. The van der Waals surface area contributed by atoms with Gasteiger partial charge in [-0.3, -0.25) is 9.47 Å². The van der Waals surface area contributed by atoms with Crippen molar-refractivity contribution in [2.24, 2.45) is 0 Å². The first-order chi connectivity index (χ1) is 21.9. The van der Waals surface area contributed by atoms with E-state index in [2.05, 4.69) is 58.7 Å². The Morgan fingerprint density at radius 2 is 1.42 bits per heavy atom. The van der Waals surface area contributed by atoms with E-state index in [0.717, 1.165) is 55.8 Å². The topological polar surface area (TPSA) is 85.6 Å². The van der Waals surface area contributed by atoms with E-state index >= 15 is 0 Å². The van der Waals surface area contributed by atoms with Crippen LogP contribution in [0.4, 0.5) is 0 Å². The predicted molar refractivity (Wildman–Crippen MR) is 178 cm³/mol. The first-order valence-corrected chi connectivity index (χ1v) is 17.0. The van der Waals surface area contributed by atoms with Gasteiger partial charge < -0.3 is 10.1 Å². The van der Waals surface area contributed by atoms with E-state index in [0.29, 0.717) is 16.8 Å². The standard InChI is InChI=1S/C36H40N4O4S/c1-44-32-18-20-33(21-19-32)45(42,43)40-35-17-9-8-16-34(35)39(36(40)41)31-22-23-37-30(25-31)15-10-24-38(26-28-11-4-2-5-12-28)27-29-13-6-3-7-14-29/h2-9,11-14,16-21,30-31,37H,10,15,22-27H2,1H3/t30?,31-/m0/s1. The summed E-state index contributed by atoms with van der Waals surface area (Å²) in [5.41, 5.74) is 3.11. The van der Waals surface area contributed by atoms with Crippen LogP contribution in [0.2, 0.25) is 0 Å². The number of ether oxygens (including phenoxy) is 1. The molecule has 1 fully saturated rings. The van der Waals surface area contributed by atoms with E-state index in [4.69, 9.17) is 4.74 Å². The number of aromatic nitrogens is 2. The molecule has 6 rings (SSSR count). The molecule has 234 valence electrons. The molecule has 0 radical (unpaired) electrons. The third-order valence-electron chi connectivity index (χ3n) is 8.69. The molecule has 1 aliphatic rings. The summed E-state index contributed by atoms with van der Waals surface area (Å²) in [4.78, 5) is 16.5. The third kappa shape index (κ3) is 6.91. The fraction of sp³-hybridized carbons (Fsp3) is 0.306. The molecule has 8 nitrogen and oxygen atoms in total. The Balaban J connectivity index is 1.19. The molecule has 0 amide bonds. The molecule has 1 aromatic heterocycles. The molecule has 1 unspecified atom stereocenters. The van der Waals surface area contributed by atoms with Gasteiger partial charge in [-0.25, -0.2) is 13.2 Å². The summed E-state index contributed by atoms with van der Waals surface area (Å²) in [6.45, 7) is 3.48. The highest BCUT2D eigenvalue weighted by Gasteiger charge is 2.31. The molecule has 5 aromatic rings. The average molecular weight is 625 g/mol. The van der Waals surface area contributed by atoms with E-state index in [1.807, 2.05) is 24.3 Å². The fourth-order valence-corrected chi connectivity index (χ4v) is 7.88. The van der Waals surface area contributed by atoms with Crippen molar-refractivity contribution in [2.75, 3.05) is 20.2 Å². The molecule has 0 spiro atoms. The van der Waals surface area contributed by atoms with E-state index in [1.165, 1.54) is 30.4 Å². The van der Waals surface area contributed by atoms with Crippen LogP contribution in [0.25, 0.3) is 11.0 Å². The summed E-state index contributed by atoms with van der Waals surface area (Å²) in [6, 6.07) is 34.6. The number of hydrogen-bond acceptors (Lipinski definition) is 6. The van der Waals surface area contributed by atoms with E-state index in [1.54, 1.807) is 28.8 Å². The number of fused-ring (bicyclic) bond motifs is 1. The van der Waals surface area contributed by atoms with Gasteiger partial charge in [0.25, 0.3) is 10.0 Å². The van der Waals surface area contributed by atoms with Crippen LogP contribution in [-0.4, -0.2) is 48.1 Å². The number of imidazole rings is 1. The second-order valence-electron chi connectivity index (χ2n) is 11.7. The van der Waals surface area contributed by atoms with Crippen LogP contribution in [0.15, 0.2) is 119 Å². The van der Waals surface area contributed by atoms with Gasteiger partial charge in [0, 0.05) is 25.2 Å². The quantitative estimate of drug-likeness (QED) is 0.188. The Kier molecular flexibility index (Phi) is 9.49. The zero-order chi connectivity index (χ0) is 31.2. The molecule has 1 N–H and O–H groups in total. The van der Waals surface area contributed by atoms with Crippen LogP contribution in [-0.2, 0) is 23.1 Å². The molecule has 4 aromatic carbocycles. The Labute approximate surface area is 264 Å².